The van der Waals surface area contributed by atoms with Gasteiger partial charge in [-0.25, -0.2) is 0 Å². The van der Waals surface area contributed by atoms with E-state index in [2.05, 4.69) is 30.3 Å². The maximum atomic E-state index is 11.1. The quantitative estimate of drug-likeness (QED) is 0.603. The molecule has 0 saturated heterocycles. The largest absolute Gasteiger partial charge is 0.298 e. The molecule has 1 aliphatic rings. The Kier molecular flexibility index (Phi) is 2.83. The third kappa shape index (κ3) is 1.89. The summed E-state index contributed by atoms with van der Waals surface area (Å²) in [4.78, 5) is 11.1. The van der Waals surface area contributed by atoms with Crippen LogP contribution in [0.3, 0.4) is 0 Å². The first-order valence-corrected chi connectivity index (χ1v) is 7.44. The molecule has 21 heavy (non-hydrogen) atoms. The molecule has 1 aliphatic carbocycles. The van der Waals surface area contributed by atoms with E-state index in [1.807, 2.05) is 12.1 Å². The van der Waals surface area contributed by atoms with Crippen LogP contribution in [-0.2, 0) is 12.8 Å². The lowest BCUT2D eigenvalue weighted by Crippen LogP contribution is -1.88. The summed E-state index contributed by atoms with van der Waals surface area (Å²) in [6, 6.07) is 16.5. The standard InChI is InChI=1S/C19H13ClO/c20-18-9-7-14(10-15(18)11-21)16-8-6-13-5-4-12-2-1-3-17(16)19(12)13/h1-3,6-11H,4-5H2. The minimum absolute atomic E-state index is 0.500. The fourth-order valence-electron chi connectivity index (χ4n) is 3.30. The highest BCUT2D eigenvalue weighted by atomic mass is 35.5. The van der Waals surface area contributed by atoms with Crippen LogP contribution in [0.2, 0.25) is 5.02 Å². The summed E-state index contributed by atoms with van der Waals surface area (Å²) in [5.74, 6) is 0. The Labute approximate surface area is 128 Å². The number of hydrogen-bond donors (Lipinski definition) is 0. The predicted molar refractivity (Wildman–Crippen MR) is 87.2 cm³/mol. The van der Waals surface area contributed by atoms with Gasteiger partial charge in [-0.3, -0.25) is 4.79 Å². The molecule has 0 amide bonds. The van der Waals surface area contributed by atoms with Crippen molar-refractivity contribution in [1.29, 1.82) is 0 Å². The zero-order valence-corrected chi connectivity index (χ0v) is 12.2. The number of aryl methyl sites for hydroxylation is 2. The smallest absolute Gasteiger partial charge is 0.151 e. The highest BCUT2D eigenvalue weighted by molar-refractivity contribution is 6.33. The number of benzene rings is 3. The number of halogens is 1. The first kappa shape index (κ1) is 12.6. The summed E-state index contributed by atoms with van der Waals surface area (Å²) < 4.78 is 0. The first-order chi connectivity index (χ1) is 10.3. The monoisotopic (exact) mass is 292 g/mol. The highest BCUT2D eigenvalue weighted by Crippen LogP contribution is 2.37. The lowest BCUT2D eigenvalue weighted by atomic mass is 9.94. The van der Waals surface area contributed by atoms with Crippen molar-refractivity contribution in [2.75, 3.05) is 0 Å². The van der Waals surface area contributed by atoms with E-state index in [-0.39, 0.29) is 0 Å². The van der Waals surface area contributed by atoms with Gasteiger partial charge in [-0.1, -0.05) is 48.0 Å². The summed E-state index contributed by atoms with van der Waals surface area (Å²) in [6.07, 6.45) is 3.05. The Morgan fingerprint density at radius 1 is 0.952 bits per heavy atom. The second kappa shape index (κ2) is 4.71. The van der Waals surface area contributed by atoms with Crippen LogP contribution in [0.4, 0.5) is 0 Å². The third-order valence-corrected chi connectivity index (χ3v) is 4.66. The SMILES string of the molecule is O=Cc1cc(-c2ccc3c4c(cccc24)CC3)ccc1Cl. The molecule has 0 unspecified atom stereocenters. The summed E-state index contributed by atoms with van der Waals surface area (Å²) in [7, 11) is 0. The molecule has 4 rings (SSSR count). The molecule has 0 heterocycles. The molecule has 0 spiro atoms. The average molecular weight is 293 g/mol. The van der Waals surface area contributed by atoms with Crippen LogP contribution in [0.25, 0.3) is 21.9 Å². The fraction of sp³-hybridized carbons (Fsp3) is 0.105. The van der Waals surface area contributed by atoms with Crippen LogP contribution in [-0.4, -0.2) is 6.29 Å². The van der Waals surface area contributed by atoms with Crippen molar-refractivity contribution in [1.82, 2.24) is 0 Å². The van der Waals surface area contributed by atoms with E-state index >= 15 is 0 Å². The third-order valence-electron chi connectivity index (χ3n) is 4.31. The summed E-state index contributed by atoms with van der Waals surface area (Å²) >= 11 is 6.03. The van der Waals surface area contributed by atoms with Gasteiger partial charge in [-0.15, -0.1) is 0 Å². The van der Waals surface area contributed by atoms with Gasteiger partial charge in [-0.2, -0.15) is 0 Å². The maximum Gasteiger partial charge on any atom is 0.151 e. The molecule has 1 nitrogen and oxygen atoms in total. The molecule has 3 aromatic carbocycles. The summed E-state index contributed by atoms with van der Waals surface area (Å²) in [5, 5.41) is 3.15. The van der Waals surface area contributed by atoms with Crippen LogP contribution in [0, 0.1) is 0 Å². The lowest BCUT2D eigenvalue weighted by Gasteiger charge is -2.10. The molecule has 102 valence electrons. The van der Waals surface area contributed by atoms with Crippen molar-refractivity contribution >= 4 is 28.7 Å². The zero-order chi connectivity index (χ0) is 14.4. The van der Waals surface area contributed by atoms with Crippen LogP contribution >= 0.6 is 11.6 Å². The molecule has 0 fully saturated rings. The number of carbonyl (C=O) groups excluding carboxylic acids is 1. The number of aldehydes is 1. The van der Waals surface area contributed by atoms with E-state index < -0.39 is 0 Å². The van der Waals surface area contributed by atoms with Gasteiger partial charge in [-0.05, 0) is 58.0 Å². The molecule has 0 aromatic heterocycles. The van der Waals surface area contributed by atoms with Gasteiger partial charge in [0.2, 0.25) is 0 Å². The minimum Gasteiger partial charge on any atom is -0.298 e. The van der Waals surface area contributed by atoms with Gasteiger partial charge in [0.15, 0.2) is 6.29 Å². The van der Waals surface area contributed by atoms with Crippen LogP contribution in [0.5, 0.6) is 0 Å². The van der Waals surface area contributed by atoms with Crippen molar-refractivity contribution < 1.29 is 4.79 Å². The van der Waals surface area contributed by atoms with E-state index in [4.69, 9.17) is 11.6 Å². The Morgan fingerprint density at radius 2 is 1.76 bits per heavy atom. The van der Waals surface area contributed by atoms with Crippen molar-refractivity contribution in [3.05, 3.63) is 70.2 Å². The van der Waals surface area contributed by atoms with Gasteiger partial charge in [0, 0.05) is 5.56 Å². The van der Waals surface area contributed by atoms with Crippen molar-refractivity contribution in [3.8, 4) is 11.1 Å². The molecule has 0 aliphatic heterocycles. The van der Waals surface area contributed by atoms with Gasteiger partial charge >= 0.3 is 0 Å². The molecule has 2 heteroatoms. The molecular weight excluding hydrogens is 280 g/mol. The summed E-state index contributed by atoms with van der Waals surface area (Å²) in [5.41, 5.74) is 5.59. The lowest BCUT2D eigenvalue weighted by molar-refractivity contribution is 0.112. The second-order valence-electron chi connectivity index (χ2n) is 5.47. The maximum absolute atomic E-state index is 11.1. The molecule has 0 saturated carbocycles. The van der Waals surface area contributed by atoms with E-state index in [1.165, 1.54) is 21.9 Å². The minimum atomic E-state index is 0.500. The van der Waals surface area contributed by atoms with Crippen LogP contribution in [0.1, 0.15) is 21.5 Å². The molecule has 0 radical (unpaired) electrons. The zero-order valence-electron chi connectivity index (χ0n) is 11.4. The Hall–Kier alpha value is -2.12. The first-order valence-electron chi connectivity index (χ1n) is 7.06. The van der Waals surface area contributed by atoms with Crippen molar-refractivity contribution in [2.45, 2.75) is 12.8 Å². The van der Waals surface area contributed by atoms with Gasteiger partial charge < -0.3 is 0 Å². The number of hydrogen-bond acceptors (Lipinski definition) is 1. The Morgan fingerprint density at radius 3 is 2.57 bits per heavy atom. The predicted octanol–water partition coefficient (Wildman–Crippen LogP) is 5.07. The summed E-state index contributed by atoms with van der Waals surface area (Å²) in [6.45, 7) is 0. The van der Waals surface area contributed by atoms with E-state index in [0.29, 0.717) is 10.6 Å². The van der Waals surface area contributed by atoms with Gasteiger partial charge in [0.05, 0.1) is 5.02 Å². The number of rotatable bonds is 2. The fourth-order valence-corrected chi connectivity index (χ4v) is 3.46. The van der Waals surface area contributed by atoms with Gasteiger partial charge in [0.25, 0.3) is 0 Å². The molecular formula is C19H13ClO. The van der Waals surface area contributed by atoms with Crippen LogP contribution in [0.15, 0.2) is 48.5 Å². The van der Waals surface area contributed by atoms with Gasteiger partial charge in [0.1, 0.15) is 0 Å². The molecule has 0 bridgehead atoms. The average Bonchev–Trinajstić information content (AvgIpc) is 2.94. The molecule has 0 N–H and O–H groups in total. The Bertz CT molecular complexity index is 870. The number of carbonyl (C=O) groups is 1. The van der Waals surface area contributed by atoms with E-state index in [9.17, 15) is 4.79 Å². The Balaban J connectivity index is 2.02. The normalized spacial score (nSPS) is 12.8. The van der Waals surface area contributed by atoms with E-state index in [0.717, 1.165) is 30.3 Å². The molecule has 0 atom stereocenters. The topological polar surface area (TPSA) is 17.1 Å². The van der Waals surface area contributed by atoms with E-state index in [1.54, 1.807) is 6.07 Å². The van der Waals surface area contributed by atoms with Crippen molar-refractivity contribution in [2.24, 2.45) is 0 Å². The van der Waals surface area contributed by atoms with Crippen molar-refractivity contribution in [3.63, 3.8) is 0 Å². The molecule has 3 aromatic rings. The second-order valence-corrected chi connectivity index (χ2v) is 5.87. The van der Waals surface area contributed by atoms with Crippen LogP contribution < -0.4 is 0 Å². The highest BCUT2D eigenvalue weighted by Gasteiger charge is 2.16.